The van der Waals surface area contributed by atoms with Crippen molar-refractivity contribution in [3.63, 3.8) is 0 Å². The number of amides is 2. The van der Waals surface area contributed by atoms with Crippen LogP contribution in [0.2, 0.25) is 0 Å². The smallest absolute Gasteiger partial charge is 0.286 e. The molecule has 0 spiro atoms. The van der Waals surface area contributed by atoms with Gasteiger partial charge in [-0.1, -0.05) is 54.6 Å². The molecule has 0 saturated carbocycles. The van der Waals surface area contributed by atoms with E-state index in [0.717, 1.165) is 11.1 Å². The lowest BCUT2D eigenvalue weighted by atomic mass is 9.93. The van der Waals surface area contributed by atoms with Gasteiger partial charge in [0.1, 0.15) is 0 Å². The van der Waals surface area contributed by atoms with Crippen LogP contribution >= 0.6 is 0 Å². The lowest BCUT2D eigenvalue weighted by molar-refractivity contribution is -0.151. The number of hydrogen-bond acceptors (Lipinski definition) is 7. The molecule has 9 nitrogen and oxygen atoms in total. The molecule has 9 heteroatoms. The Labute approximate surface area is 227 Å². The summed E-state index contributed by atoms with van der Waals surface area (Å²) in [6.45, 7) is 1.03. The summed E-state index contributed by atoms with van der Waals surface area (Å²) in [4.78, 5) is 25.6. The van der Waals surface area contributed by atoms with E-state index in [0.29, 0.717) is 30.0 Å². The van der Waals surface area contributed by atoms with Crippen molar-refractivity contribution >= 4 is 23.2 Å². The van der Waals surface area contributed by atoms with Crippen LogP contribution in [-0.4, -0.2) is 49.6 Å². The molecule has 4 rings (SSSR count). The molecule has 3 aromatic carbocycles. The number of aliphatic hydroxyl groups is 1. The Morgan fingerprint density at radius 1 is 0.923 bits per heavy atom. The summed E-state index contributed by atoms with van der Waals surface area (Å²) < 4.78 is 16.9. The maximum atomic E-state index is 13.0. The topological polar surface area (TPSA) is 132 Å². The van der Waals surface area contributed by atoms with Crippen LogP contribution in [0.4, 0.5) is 11.4 Å². The average molecular weight is 532 g/mol. The third-order valence-electron chi connectivity index (χ3n) is 6.15. The third-order valence-corrected chi connectivity index (χ3v) is 6.15. The lowest BCUT2D eigenvalue weighted by Gasteiger charge is -2.29. The van der Waals surface area contributed by atoms with E-state index in [-0.39, 0.29) is 49.9 Å². The van der Waals surface area contributed by atoms with E-state index in [2.05, 4.69) is 10.6 Å². The Morgan fingerprint density at radius 3 is 2.41 bits per heavy atom. The van der Waals surface area contributed by atoms with Gasteiger partial charge >= 0.3 is 0 Å². The molecule has 3 aromatic rings. The second kappa shape index (κ2) is 14.1. The normalized spacial score (nSPS) is 16.6. The molecule has 0 radical (unpaired) electrons. The Bertz CT molecular complexity index is 1260. The number of ether oxygens (including phenoxy) is 3. The lowest BCUT2D eigenvalue weighted by Crippen LogP contribution is -2.33. The van der Waals surface area contributed by atoms with Gasteiger partial charge in [-0.3, -0.25) is 9.59 Å². The van der Waals surface area contributed by atoms with Gasteiger partial charge < -0.3 is 35.7 Å². The number of carbonyl (C=O) groups excluding carboxylic acids is 2. The van der Waals surface area contributed by atoms with Gasteiger partial charge in [-0.25, -0.2) is 0 Å². The van der Waals surface area contributed by atoms with E-state index in [1.807, 2.05) is 36.4 Å². The Hall–Kier alpha value is -4.18. The number of allylic oxidation sites excluding steroid dienone is 1. The summed E-state index contributed by atoms with van der Waals surface area (Å²) in [7, 11) is 0. The van der Waals surface area contributed by atoms with Crippen molar-refractivity contribution in [1.82, 2.24) is 5.32 Å². The monoisotopic (exact) mass is 531 g/mol. The predicted molar refractivity (Wildman–Crippen MR) is 148 cm³/mol. The third kappa shape index (κ3) is 8.15. The minimum Gasteiger partial charge on any atom is -0.459 e. The molecule has 5 N–H and O–H groups in total. The highest BCUT2D eigenvalue weighted by Crippen LogP contribution is 2.31. The zero-order valence-electron chi connectivity index (χ0n) is 21.5. The fourth-order valence-corrected chi connectivity index (χ4v) is 4.10. The van der Waals surface area contributed by atoms with Gasteiger partial charge in [0.15, 0.2) is 5.76 Å². The number of nitrogens with two attached hydrogens (primary N) is 1. The SMILES string of the molecule is Nc1ccccc1NC(=O)c1ccc(CNC(=O)C2=CC(c3ccccc3)CC(OCCOCCO)O2)cc1. The quantitative estimate of drug-likeness (QED) is 0.207. The Kier molecular flexibility index (Phi) is 10.1. The highest BCUT2D eigenvalue weighted by atomic mass is 16.7. The van der Waals surface area contributed by atoms with Crippen molar-refractivity contribution < 1.29 is 28.9 Å². The number of anilines is 2. The van der Waals surface area contributed by atoms with Gasteiger partial charge in [0.25, 0.3) is 11.8 Å². The highest BCUT2D eigenvalue weighted by molar-refractivity contribution is 6.05. The van der Waals surface area contributed by atoms with E-state index in [1.54, 1.807) is 48.5 Å². The van der Waals surface area contributed by atoms with E-state index < -0.39 is 6.29 Å². The number of nitrogen functional groups attached to an aromatic ring is 1. The number of hydrogen-bond donors (Lipinski definition) is 4. The standard InChI is InChI=1S/C30H33N3O6/c31-25-8-4-5-9-26(25)33-29(35)23-12-10-21(11-13-23)20-32-30(36)27-18-24(22-6-2-1-3-7-22)19-28(39-27)38-17-16-37-15-14-34/h1-13,18,24,28,34H,14-17,19-20,31H2,(H,32,36)(H,33,35). The molecular weight excluding hydrogens is 498 g/mol. The predicted octanol–water partition coefficient (Wildman–Crippen LogP) is 3.58. The molecule has 0 aromatic heterocycles. The molecule has 1 heterocycles. The molecule has 0 bridgehead atoms. The summed E-state index contributed by atoms with van der Waals surface area (Å²) in [5.41, 5.74) is 9.29. The summed E-state index contributed by atoms with van der Waals surface area (Å²) >= 11 is 0. The summed E-state index contributed by atoms with van der Waals surface area (Å²) in [6.07, 6.45) is 1.75. The van der Waals surface area contributed by atoms with Crippen LogP contribution < -0.4 is 16.4 Å². The molecule has 204 valence electrons. The molecule has 2 atom stereocenters. The molecule has 1 aliphatic rings. The minimum absolute atomic E-state index is 0.0538. The summed E-state index contributed by atoms with van der Waals surface area (Å²) in [6, 6.07) is 23.9. The van der Waals surface area contributed by atoms with Crippen LogP contribution in [0.3, 0.4) is 0 Å². The molecule has 0 aliphatic carbocycles. The maximum Gasteiger partial charge on any atom is 0.286 e. The number of rotatable bonds is 12. The minimum atomic E-state index is -0.616. The summed E-state index contributed by atoms with van der Waals surface area (Å²) in [5.74, 6) is -0.500. The van der Waals surface area contributed by atoms with Crippen molar-refractivity contribution in [2.45, 2.75) is 25.2 Å². The molecule has 39 heavy (non-hydrogen) atoms. The molecule has 2 unspecified atom stereocenters. The van der Waals surface area contributed by atoms with Gasteiger partial charge in [-0.05, 0) is 41.5 Å². The van der Waals surface area contributed by atoms with E-state index in [9.17, 15) is 9.59 Å². The first-order valence-electron chi connectivity index (χ1n) is 12.8. The van der Waals surface area contributed by atoms with Gasteiger partial charge in [-0.15, -0.1) is 0 Å². The second-order valence-corrected chi connectivity index (χ2v) is 8.96. The molecule has 0 saturated heterocycles. The van der Waals surface area contributed by atoms with Crippen LogP contribution in [0.1, 0.15) is 33.8 Å². The fourth-order valence-electron chi connectivity index (χ4n) is 4.10. The van der Waals surface area contributed by atoms with Crippen LogP contribution in [0, 0.1) is 0 Å². The van der Waals surface area contributed by atoms with Gasteiger partial charge in [0.05, 0.1) is 37.8 Å². The molecule has 1 aliphatic heterocycles. The van der Waals surface area contributed by atoms with E-state index in [4.69, 9.17) is 25.1 Å². The highest BCUT2D eigenvalue weighted by Gasteiger charge is 2.28. The van der Waals surface area contributed by atoms with Crippen molar-refractivity contribution in [1.29, 1.82) is 0 Å². The van der Waals surface area contributed by atoms with Crippen LogP contribution in [0.15, 0.2) is 90.7 Å². The average Bonchev–Trinajstić information content (AvgIpc) is 2.97. The van der Waals surface area contributed by atoms with Crippen molar-refractivity contribution in [2.75, 3.05) is 37.5 Å². The Balaban J connectivity index is 1.35. The number of nitrogens with one attached hydrogen (secondary N) is 2. The number of carbonyl (C=O) groups is 2. The second-order valence-electron chi connectivity index (χ2n) is 8.96. The van der Waals surface area contributed by atoms with Crippen LogP contribution in [0.25, 0.3) is 0 Å². The van der Waals surface area contributed by atoms with Crippen LogP contribution in [0.5, 0.6) is 0 Å². The largest absolute Gasteiger partial charge is 0.459 e. The van der Waals surface area contributed by atoms with Crippen molar-refractivity contribution in [3.8, 4) is 0 Å². The van der Waals surface area contributed by atoms with Crippen molar-refractivity contribution in [2.24, 2.45) is 0 Å². The first kappa shape index (κ1) is 27.8. The van der Waals surface area contributed by atoms with Gasteiger partial charge in [-0.2, -0.15) is 0 Å². The van der Waals surface area contributed by atoms with Crippen LogP contribution in [-0.2, 0) is 25.5 Å². The Morgan fingerprint density at radius 2 is 1.67 bits per heavy atom. The first-order valence-corrected chi connectivity index (χ1v) is 12.8. The van der Waals surface area contributed by atoms with Gasteiger partial charge in [0.2, 0.25) is 6.29 Å². The zero-order valence-corrected chi connectivity index (χ0v) is 21.5. The van der Waals surface area contributed by atoms with Crippen molar-refractivity contribution in [3.05, 3.63) is 107 Å². The number of para-hydroxylation sites is 2. The zero-order chi connectivity index (χ0) is 27.5. The maximum absolute atomic E-state index is 13.0. The molecule has 0 fully saturated rings. The molecule has 2 amide bonds. The fraction of sp³-hybridized carbons (Fsp3) is 0.267. The number of benzene rings is 3. The summed E-state index contributed by atoms with van der Waals surface area (Å²) in [5, 5.41) is 14.5. The first-order chi connectivity index (χ1) is 19.0. The van der Waals surface area contributed by atoms with E-state index in [1.165, 1.54) is 0 Å². The molecular formula is C30H33N3O6. The van der Waals surface area contributed by atoms with E-state index >= 15 is 0 Å². The van der Waals surface area contributed by atoms with Gasteiger partial charge in [0, 0.05) is 24.4 Å². The number of aliphatic hydroxyl groups excluding tert-OH is 1.